The fourth-order valence-electron chi connectivity index (χ4n) is 2.84. The van der Waals surface area contributed by atoms with Crippen molar-refractivity contribution in [3.63, 3.8) is 0 Å². The lowest BCUT2D eigenvalue weighted by molar-refractivity contribution is -0.142. The van der Waals surface area contributed by atoms with Crippen molar-refractivity contribution < 1.29 is 14.7 Å². The van der Waals surface area contributed by atoms with Crippen molar-refractivity contribution in [3.8, 4) is 0 Å². The molecule has 126 valence electrons. The van der Waals surface area contributed by atoms with Gasteiger partial charge < -0.3 is 15.7 Å². The molecule has 0 bridgehead atoms. The summed E-state index contributed by atoms with van der Waals surface area (Å²) in [5, 5.41) is 15.8. The van der Waals surface area contributed by atoms with Gasteiger partial charge in [-0.2, -0.15) is 0 Å². The standard InChI is InChI=1S/C16H20Cl2N2O3/c1-9(13-7-4-11(17)8-14(13)18)19-16(23)20-12-5-2-10(3-6-12)15(21)22/h4,7-10,12H,2-3,5-6H2,1H3,(H,21,22)(H2,19,20,23). The maximum absolute atomic E-state index is 12.1. The fourth-order valence-corrected chi connectivity index (χ4v) is 3.41. The number of carbonyl (C=O) groups is 2. The molecule has 1 aromatic carbocycles. The smallest absolute Gasteiger partial charge is 0.315 e. The van der Waals surface area contributed by atoms with E-state index in [0.29, 0.717) is 35.7 Å². The van der Waals surface area contributed by atoms with Crippen molar-refractivity contribution in [2.24, 2.45) is 5.92 Å². The molecule has 1 atom stereocenters. The van der Waals surface area contributed by atoms with Gasteiger partial charge in [0, 0.05) is 16.1 Å². The second-order valence-electron chi connectivity index (χ2n) is 5.89. The summed E-state index contributed by atoms with van der Waals surface area (Å²) in [5.74, 6) is -1.04. The summed E-state index contributed by atoms with van der Waals surface area (Å²) in [6, 6.07) is 4.64. The molecule has 1 saturated carbocycles. The number of urea groups is 1. The second-order valence-corrected chi connectivity index (χ2v) is 6.74. The third-order valence-corrected chi connectivity index (χ3v) is 4.75. The molecule has 1 unspecified atom stereocenters. The van der Waals surface area contributed by atoms with Gasteiger partial charge in [-0.3, -0.25) is 4.79 Å². The van der Waals surface area contributed by atoms with Gasteiger partial charge in [0.25, 0.3) is 0 Å². The van der Waals surface area contributed by atoms with Gasteiger partial charge in [-0.25, -0.2) is 4.79 Å². The number of nitrogens with one attached hydrogen (secondary N) is 2. The Bertz CT molecular complexity index is 587. The highest BCUT2D eigenvalue weighted by atomic mass is 35.5. The molecular weight excluding hydrogens is 339 g/mol. The second kappa shape index (κ2) is 7.88. The molecule has 2 rings (SSSR count). The molecule has 1 aliphatic rings. The van der Waals surface area contributed by atoms with Gasteiger partial charge in [0.2, 0.25) is 0 Å². The van der Waals surface area contributed by atoms with Crippen LogP contribution in [-0.2, 0) is 4.79 Å². The third-order valence-electron chi connectivity index (χ3n) is 4.19. The van der Waals surface area contributed by atoms with Gasteiger partial charge in [0.1, 0.15) is 0 Å². The number of hydrogen-bond acceptors (Lipinski definition) is 2. The SMILES string of the molecule is CC(NC(=O)NC1CCC(C(=O)O)CC1)c1ccc(Cl)cc1Cl. The van der Waals surface area contributed by atoms with E-state index in [0.717, 1.165) is 5.56 Å². The lowest BCUT2D eigenvalue weighted by atomic mass is 9.86. The monoisotopic (exact) mass is 358 g/mol. The zero-order valence-corrected chi connectivity index (χ0v) is 14.3. The van der Waals surface area contributed by atoms with Gasteiger partial charge in [0.05, 0.1) is 12.0 Å². The first kappa shape index (κ1) is 17.9. The molecule has 5 nitrogen and oxygen atoms in total. The van der Waals surface area contributed by atoms with Crippen LogP contribution in [0.1, 0.15) is 44.2 Å². The van der Waals surface area contributed by atoms with Crippen molar-refractivity contribution in [2.45, 2.75) is 44.7 Å². The molecule has 1 fully saturated rings. The Balaban J connectivity index is 1.84. The molecule has 1 aromatic rings. The molecule has 2 amide bonds. The Morgan fingerprint density at radius 3 is 2.43 bits per heavy atom. The van der Waals surface area contributed by atoms with Crippen LogP contribution in [0, 0.1) is 5.92 Å². The van der Waals surface area contributed by atoms with Crippen LogP contribution in [0.15, 0.2) is 18.2 Å². The average Bonchev–Trinajstić information content (AvgIpc) is 2.47. The molecular formula is C16H20Cl2N2O3. The summed E-state index contributed by atoms with van der Waals surface area (Å²) in [5.41, 5.74) is 0.792. The van der Waals surface area contributed by atoms with Gasteiger partial charge in [0.15, 0.2) is 0 Å². The summed E-state index contributed by atoms with van der Waals surface area (Å²) in [6.45, 7) is 1.84. The van der Waals surface area contributed by atoms with Crippen molar-refractivity contribution in [2.75, 3.05) is 0 Å². The zero-order valence-electron chi connectivity index (χ0n) is 12.8. The van der Waals surface area contributed by atoms with Gasteiger partial charge in [-0.1, -0.05) is 29.3 Å². The minimum atomic E-state index is -0.751. The zero-order chi connectivity index (χ0) is 17.0. The minimum Gasteiger partial charge on any atom is -0.481 e. The quantitative estimate of drug-likeness (QED) is 0.760. The lowest BCUT2D eigenvalue weighted by Crippen LogP contribution is -2.44. The molecule has 0 radical (unpaired) electrons. The number of aliphatic carboxylic acids is 1. The van der Waals surface area contributed by atoms with Crippen molar-refractivity contribution in [3.05, 3.63) is 33.8 Å². The third kappa shape index (κ3) is 5.01. The normalized spacial score (nSPS) is 22.2. The van der Waals surface area contributed by atoms with E-state index in [-0.39, 0.29) is 24.0 Å². The van der Waals surface area contributed by atoms with Crippen LogP contribution in [0.2, 0.25) is 10.0 Å². The molecule has 3 N–H and O–H groups in total. The van der Waals surface area contributed by atoms with E-state index in [1.54, 1.807) is 18.2 Å². The highest BCUT2D eigenvalue weighted by molar-refractivity contribution is 6.35. The molecule has 0 aliphatic heterocycles. The van der Waals surface area contributed by atoms with E-state index < -0.39 is 5.97 Å². The van der Waals surface area contributed by atoms with Gasteiger partial charge in [-0.05, 0) is 50.3 Å². The lowest BCUT2D eigenvalue weighted by Gasteiger charge is -2.27. The van der Waals surface area contributed by atoms with Crippen molar-refractivity contribution in [1.82, 2.24) is 10.6 Å². The Kier molecular flexibility index (Phi) is 6.13. The molecule has 0 spiro atoms. The summed E-state index contributed by atoms with van der Waals surface area (Å²) in [6.07, 6.45) is 2.55. The number of carbonyl (C=O) groups excluding carboxylic acids is 1. The van der Waals surface area contributed by atoms with Gasteiger partial charge in [-0.15, -0.1) is 0 Å². The Labute approximate surface area is 145 Å². The first-order valence-electron chi connectivity index (χ1n) is 7.61. The first-order chi connectivity index (χ1) is 10.9. The van der Waals surface area contributed by atoms with E-state index in [1.165, 1.54) is 0 Å². The summed E-state index contributed by atoms with van der Waals surface area (Å²) < 4.78 is 0. The highest BCUT2D eigenvalue weighted by Crippen LogP contribution is 2.27. The Morgan fingerprint density at radius 1 is 1.22 bits per heavy atom. The molecule has 7 heteroatoms. The van der Waals surface area contributed by atoms with E-state index >= 15 is 0 Å². The maximum Gasteiger partial charge on any atom is 0.315 e. The predicted octanol–water partition coefficient (Wildman–Crippen LogP) is 4.00. The molecule has 0 saturated heterocycles. The van der Waals surface area contributed by atoms with Crippen LogP contribution in [-0.4, -0.2) is 23.1 Å². The van der Waals surface area contributed by atoms with E-state index in [4.69, 9.17) is 28.3 Å². The average molecular weight is 359 g/mol. The van der Waals surface area contributed by atoms with E-state index in [1.807, 2.05) is 6.92 Å². The topological polar surface area (TPSA) is 78.4 Å². The molecule has 23 heavy (non-hydrogen) atoms. The fraction of sp³-hybridized carbons (Fsp3) is 0.500. The Hall–Kier alpha value is -1.46. The van der Waals surface area contributed by atoms with Crippen LogP contribution < -0.4 is 10.6 Å². The van der Waals surface area contributed by atoms with E-state index in [9.17, 15) is 9.59 Å². The highest BCUT2D eigenvalue weighted by Gasteiger charge is 2.27. The predicted molar refractivity (Wildman–Crippen MR) is 89.9 cm³/mol. The van der Waals surface area contributed by atoms with E-state index in [2.05, 4.69) is 10.6 Å². The minimum absolute atomic E-state index is 0.0125. The first-order valence-corrected chi connectivity index (χ1v) is 8.37. The Morgan fingerprint density at radius 2 is 1.87 bits per heavy atom. The van der Waals surface area contributed by atoms with Crippen LogP contribution >= 0.6 is 23.2 Å². The molecule has 1 aliphatic carbocycles. The maximum atomic E-state index is 12.1. The number of amides is 2. The number of hydrogen-bond donors (Lipinski definition) is 3. The van der Waals surface area contributed by atoms with Gasteiger partial charge >= 0.3 is 12.0 Å². The van der Waals surface area contributed by atoms with Crippen LogP contribution in [0.25, 0.3) is 0 Å². The summed E-state index contributed by atoms with van der Waals surface area (Å²) in [4.78, 5) is 23.0. The number of rotatable bonds is 4. The summed E-state index contributed by atoms with van der Waals surface area (Å²) >= 11 is 12.0. The summed E-state index contributed by atoms with van der Waals surface area (Å²) in [7, 11) is 0. The number of carboxylic acid groups (broad SMARTS) is 1. The van der Waals surface area contributed by atoms with Crippen molar-refractivity contribution >= 4 is 35.2 Å². The van der Waals surface area contributed by atoms with Crippen LogP contribution in [0.3, 0.4) is 0 Å². The van der Waals surface area contributed by atoms with Crippen LogP contribution in [0.4, 0.5) is 4.79 Å². The van der Waals surface area contributed by atoms with Crippen molar-refractivity contribution in [1.29, 1.82) is 0 Å². The number of benzene rings is 1. The molecule has 0 heterocycles. The largest absolute Gasteiger partial charge is 0.481 e. The number of carboxylic acids is 1. The number of halogens is 2. The molecule has 0 aromatic heterocycles. The van der Waals surface area contributed by atoms with Crippen LogP contribution in [0.5, 0.6) is 0 Å².